The summed E-state index contributed by atoms with van der Waals surface area (Å²) in [5.41, 5.74) is 1.20. The van der Waals surface area contributed by atoms with Gasteiger partial charge in [-0.1, -0.05) is 0 Å². The van der Waals surface area contributed by atoms with E-state index in [1.807, 2.05) is 16.8 Å². The van der Waals surface area contributed by atoms with Gasteiger partial charge in [-0.05, 0) is 35.7 Å². The lowest BCUT2D eigenvalue weighted by Crippen LogP contribution is -2.28. The molecular formula is C11H15NO3S. The minimum Gasteiger partial charge on any atom is -0.466 e. The highest BCUT2D eigenvalue weighted by Crippen LogP contribution is 2.05. The first kappa shape index (κ1) is 12.7. The van der Waals surface area contributed by atoms with Crippen molar-refractivity contribution in [3.8, 4) is 0 Å². The van der Waals surface area contributed by atoms with E-state index in [1.165, 1.54) is 5.56 Å². The standard InChI is InChI=1S/C11H15NO3S/c1-2-15-11(14)7-10(13)12-5-3-9-4-6-16-8-9/h4,6,8H,2-3,5,7H2,1H3,(H,12,13). The Kier molecular flexibility index (Phi) is 5.56. The van der Waals surface area contributed by atoms with Crippen LogP contribution in [0.1, 0.15) is 18.9 Å². The summed E-state index contributed by atoms with van der Waals surface area (Å²) in [6.07, 6.45) is 0.593. The Morgan fingerprint density at radius 3 is 2.94 bits per heavy atom. The van der Waals surface area contributed by atoms with E-state index in [-0.39, 0.29) is 12.3 Å². The number of hydrogen-bond donors (Lipinski definition) is 1. The van der Waals surface area contributed by atoms with Crippen LogP contribution in [0.2, 0.25) is 0 Å². The van der Waals surface area contributed by atoms with Crippen molar-refractivity contribution in [2.45, 2.75) is 19.8 Å². The molecule has 5 heteroatoms. The monoisotopic (exact) mass is 241 g/mol. The average molecular weight is 241 g/mol. The zero-order chi connectivity index (χ0) is 11.8. The molecule has 88 valence electrons. The van der Waals surface area contributed by atoms with Crippen molar-refractivity contribution in [1.29, 1.82) is 0 Å². The second-order valence-electron chi connectivity index (χ2n) is 3.21. The largest absolute Gasteiger partial charge is 0.466 e. The molecule has 0 saturated heterocycles. The highest BCUT2D eigenvalue weighted by Gasteiger charge is 2.08. The quantitative estimate of drug-likeness (QED) is 0.604. The first-order valence-corrected chi connectivity index (χ1v) is 6.10. The Morgan fingerprint density at radius 1 is 1.50 bits per heavy atom. The van der Waals surface area contributed by atoms with Gasteiger partial charge in [0.05, 0.1) is 6.61 Å². The number of rotatable bonds is 6. The molecule has 0 unspecified atom stereocenters. The number of ether oxygens (including phenoxy) is 1. The summed E-state index contributed by atoms with van der Waals surface area (Å²) < 4.78 is 4.67. The zero-order valence-electron chi connectivity index (χ0n) is 9.19. The lowest BCUT2D eigenvalue weighted by Gasteiger charge is -2.04. The molecule has 16 heavy (non-hydrogen) atoms. The molecule has 0 spiro atoms. The minimum absolute atomic E-state index is 0.197. The summed E-state index contributed by atoms with van der Waals surface area (Å²) in [5.74, 6) is -0.760. The summed E-state index contributed by atoms with van der Waals surface area (Å²) in [7, 11) is 0. The van der Waals surface area contributed by atoms with E-state index in [4.69, 9.17) is 0 Å². The Labute approximate surface area is 98.6 Å². The van der Waals surface area contributed by atoms with Crippen molar-refractivity contribution in [3.05, 3.63) is 22.4 Å². The highest BCUT2D eigenvalue weighted by molar-refractivity contribution is 7.07. The zero-order valence-corrected chi connectivity index (χ0v) is 10.0. The Balaban J connectivity index is 2.13. The maximum absolute atomic E-state index is 11.2. The van der Waals surface area contributed by atoms with Crippen LogP contribution in [0.4, 0.5) is 0 Å². The van der Waals surface area contributed by atoms with Gasteiger partial charge < -0.3 is 10.1 Å². The van der Waals surface area contributed by atoms with Crippen LogP contribution < -0.4 is 5.32 Å². The third-order valence-electron chi connectivity index (χ3n) is 1.93. The highest BCUT2D eigenvalue weighted by atomic mass is 32.1. The van der Waals surface area contributed by atoms with Crippen LogP contribution in [0.5, 0.6) is 0 Å². The first-order chi connectivity index (χ1) is 7.72. The van der Waals surface area contributed by atoms with Crippen molar-refractivity contribution in [1.82, 2.24) is 5.32 Å². The van der Waals surface area contributed by atoms with Gasteiger partial charge in [0.15, 0.2) is 0 Å². The Morgan fingerprint density at radius 2 is 2.31 bits per heavy atom. The number of amides is 1. The molecule has 1 rings (SSSR count). The lowest BCUT2D eigenvalue weighted by molar-refractivity contribution is -0.145. The van der Waals surface area contributed by atoms with Crippen LogP contribution in [0.15, 0.2) is 16.8 Å². The summed E-state index contributed by atoms with van der Waals surface area (Å²) >= 11 is 1.63. The SMILES string of the molecule is CCOC(=O)CC(=O)NCCc1ccsc1. The van der Waals surface area contributed by atoms with Crippen molar-refractivity contribution in [2.24, 2.45) is 0 Å². The summed E-state index contributed by atoms with van der Waals surface area (Å²) in [6, 6.07) is 2.02. The van der Waals surface area contributed by atoms with E-state index < -0.39 is 5.97 Å². The van der Waals surface area contributed by atoms with E-state index in [1.54, 1.807) is 18.3 Å². The van der Waals surface area contributed by atoms with Crippen LogP contribution in [-0.2, 0) is 20.7 Å². The maximum Gasteiger partial charge on any atom is 0.315 e. The molecule has 1 heterocycles. The third kappa shape index (κ3) is 4.93. The average Bonchev–Trinajstić information content (AvgIpc) is 2.70. The van der Waals surface area contributed by atoms with Crippen LogP contribution in [0.25, 0.3) is 0 Å². The summed E-state index contributed by atoms with van der Waals surface area (Å²) in [6.45, 7) is 2.57. The molecule has 1 amide bonds. The molecule has 4 nitrogen and oxygen atoms in total. The van der Waals surface area contributed by atoms with E-state index in [0.717, 1.165) is 6.42 Å². The number of carbonyl (C=O) groups is 2. The van der Waals surface area contributed by atoms with Gasteiger partial charge in [-0.2, -0.15) is 11.3 Å². The molecule has 0 aliphatic heterocycles. The van der Waals surface area contributed by atoms with Crippen LogP contribution in [0.3, 0.4) is 0 Å². The molecular weight excluding hydrogens is 226 g/mol. The lowest BCUT2D eigenvalue weighted by atomic mass is 10.2. The van der Waals surface area contributed by atoms with Gasteiger partial charge in [-0.15, -0.1) is 0 Å². The van der Waals surface area contributed by atoms with Crippen molar-refractivity contribution < 1.29 is 14.3 Å². The molecule has 1 N–H and O–H groups in total. The van der Waals surface area contributed by atoms with Crippen LogP contribution in [-0.4, -0.2) is 25.0 Å². The van der Waals surface area contributed by atoms with Crippen molar-refractivity contribution in [2.75, 3.05) is 13.2 Å². The molecule has 0 fully saturated rings. The van der Waals surface area contributed by atoms with E-state index >= 15 is 0 Å². The fraction of sp³-hybridized carbons (Fsp3) is 0.455. The molecule has 0 aliphatic carbocycles. The number of nitrogens with one attached hydrogen (secondary N) is 1. The number of carbonyl (C=O) groups excluding carboxylic acids is 2. The van der Waals surface area contributed by atoms with Gasteiger partial charge in [-0.3, -0.25) is 9.59 Å². The summed E-state index contributed by atoms with van der Waals surface area (Å²) in [5, 5.41) is 6.71. The second-order valence-corrected chi connectivity index (χ2v) is 3.99. The maximum atomic E-state index is 11.2. The Hall–Kier alpha value is -1.36. The first-order valence-electron chi connectivity index (χ1n) is 5.15. The van der Waals surface area contributed by atoms with Gasteiger partial charge in [-0.25, -0.2) is 0 Å². The predicted molar refractivity (Wildman–Crippen MR) is 62.3 cm³/mol. The van der Waals surface area contributed by atoms with Gasteiger partial charge >= 0.3 is 5.97 Å². The normalized spacial score (nSPS) is 9.81. The molecule has 0 bridgehead atoms. The van der Waals surface area contributed by atoms with Crippen molar-refractivity contribution in [3.63, 3.8) is 0 Å². The molecule has 0 radical (unpaired) electrons. The minimum atomic E-state index is -0.476. The predicted octanol–water partition coefficient (Wildman–Crippen LogP) is 1.36. The van der Waals surface area contributed by atoms with E-state index in [0.29, 0.717) is 13.2 Å². The van der Waals surface area contributed by atoms with Gasteiger partial charge in [0, 0.05) is 6.54 Å². The fourth-order valence-corrected chi connectivity index (χ4v) is 1.89. The second kappa shape index (κ2) is 7.00. The van der Waals surface area contributed by atoms with E-state index in [9.17, 15) is 9.59 Å². The summed E-state index contributed by atoms with van der Waals surface area (Å²) in [4.78, 5) is 22.2. The van der Waals surface area contributed by atoms with Gasteiger partial charge in [0.2, 0.25) is 5.91 Å². The molecule has 0 atom stereocenters. The topological polar surface area (TPSA) is 55.4 Å². The Bertz CT molecular complexity index is 335. The fourth-order valence-electron chi connectivity index (χ4n) is 1.19. The van der Waals surface area contributed by atoms with Crippen molar-refractivity contribution >= 4 is 23.2 Å². The third-order valence-corrected chi connectivity index (χ3v) is 2.66. The molecule has 0 saturated carbocycles. The number of thiophene rings is 1. The van der Waals surface area contributed by atoms with Gasteiger partial charge in [0.1, 0.15) is 6.42 Å². The molecule has 1 aromatic heterocycles. The smallest absolute Gasteiger partial charge is 0.315 e. The van der Waals surface area contributed by atoms with Crippen LogP contribution >= 0.6 is 11.3 Å². The number of hydrogen-bond acceptors (Lipinski definition) is 4. The molecule has 1 aromatic rings. The molecule has 0 aliphatic rings. The molecule has 0 aromatic carbocycles. The van der Waals surface area contributed by atoms with E-state index in [2.05, 4.69) is 10.1 Å². The van der Waals surface area contributed by atoms with Crippen LogP contribution in [0, 0.1) is 0 Å². The van der Waals surface area contributed by atoms with Gasteiger partial charge in [0.25, 0.3) is 0 Å². The number of esters is 1.